The molecule has 3 aromatic rings. The molecule has 0 saturated carbocycles. The number of hydrogen-bond donors (Lipinski definition) is 0. The molecule has 0 N–H and O–H groups in total. The van der Waals surface area contributed by atoms with Crippen LogP contribution in [0.1, 0.15) is 31.0 Å². The average molecular weight is 524 g/mol. The highest BCUT2D eigenvalue weighted by Gasteiger charge is 2.38. The Balaban J connectivity index is 1.27. The van der Waals surface area contributed by atoms with Gasteiger partial charge in [-0.15, -0.1) is 0 Å². The van der Waals surface area contributed by atoms with Crippen LogP contribution in [-0.4, -0.2) is 50.7 Å². The van der Waals surface area contributed by atoms with Crippen molar-refractivity contribution >= 4 is 33.4 Å². The van der Waals surface area contributed by atoms with Crippen LogP contribution in [0.4, 0.5) is 5.69 Å². The molecule has 0 spiro atoms. The number of nitrogens with zero attached hydrogens (tertiary/aromatic N) is 5. The van der Waals surface area contributed by atoms with Crippen molar-refractivity contribution in [3.63, 3.8) is 0 Å². The maximum absolute atomic E-state index is 13.2. The molecular weight excluding hydrogens is 498 g/mol. The van der Waals surface area contributed by atoms with E-state index in [9.17, 15) is 14.4 Å². The number of benzene rings is 2. The number of para-hydroxylation sites is 1. The minimum atomic E-state index is -0.333. The van der Waals surface area contributed by atoms with Gasteiger partial charge in [-0.2, -0.15) is 5.10 Å². The van der Waals surface area contributed by atoms with Crippen LogP contribution in [0.5, 0.6) is 0 Å². The number of halogens is 1. The maximum atomic E-state index is 13.2. The van der Waals surface area contributed by atoms with Gasteiger partial charge in [-0.05, 0) is 43.2 Å². The van der Waals surface area contributed by atoms with E-state index in [4.69, 9.17) is 0 Å². The molecule has 3 heterocycles. The SMILES string of the molecule is Cn1nc(C2CCN(C(=O)C3CC(=O)N(c4cccc(Br)c4)C3)CC2)n(-c2ccccc2)c1=O. The van der Waals surface area contributed by atoms with E-state index in [-0.39, 0.29) is 35.8 Å². The molecule has 1 unspecified atom stereocenters. The van der Waals surface area contributed by atoms with Crippen molar-refractivity contribution < 1.29 is 9.59 Å². The van der Waals surface area contributed by atoms with Gasteiger partial charge in [-0.25, -0.2) is 14.0 Å². The largest absolute Gasteiger partial charge is 0.350 e. The second-order valence-corrected chi connectivity index (χ2v) is 9.84. The number of carbonyl (C=O) groups is 2. The van der Waals surface area contributed by atoms with Gasteiger partial charge >= 0.3 is 5.69 Å². The Labute approximate surface area is 205 Å². The molecule has 8 nitrogen and oxygen atoms in total. The van der Waals surface area contributed by atoms with Crippen molar-refractivity contribution in [2.45, 2.75) is 25.2 Å². The fraction of sp³-hybridized carbons (Fsp3) is 0.360. The molecule has 1 aromatic heterocycles. The second-order valence-electron chi connectivity index (χ2n) is 8.92. The normalized spacial score (nSPS) is 19.1. The summed E-state index contributed by atoms with van der Waals surface area (Å²) in [5.41, 5.74) is 1.44. The zero-order valence-electron chi connectivity index (χ0n) is 18.9. The molecule has 2 saturated heterocycles. The molecule has 5 rings (SSSR count). The van der Waals surface area contributed by atoms with Crippen molar-refractivity contribution in [2.24, 2.45) is 13.0 Å². The lowest BCUT2D eigenvalue weighted by Crippen LogP contribution is -2.42. The van der Waals surface area contributed by atoms with Gasteiger partial charge in [0.15, 0.2) is 0 Å². The summed E-state index contributed by atoms with van der Waals surface area (Å²) >= 11 is 3.45. The van der Waals surface area contributed by atoms with Crippen molar-refractivity contribution in [2.75, 3.05) is 24.5 Å². The Morgan fingerprint density at radius 2 is 1.71 bits per heavy atom. The number of hydrogen-bond acceptors (Lipinski definition) is 4. The lowest BCUT2D eigenvalue weighted by molar-refractivity contribution is -0.136. The first-order valence-electron chi connectivity index (χ1n) is 11.5. The van der Waals surface area contributed by atoms with Crippen LogP contribution in [0.2, 0.25) is 0 Å². The molecule has 2 aromatic carbocycles. The Bertz CT molecular complexity index is 1280. The first kappa shape index (κ1) is 22.6. The number of piperidine rings is 1. The zero-order valence-corrected chi connectivity index (χ0v) is 20.5. The van der Waals surface area contributed by atoms with E-state index in [2.05, 4.69) is 21.0 Å². The van der Waals surface area contributed by atoms with Crippen molar-refractivity contribution in [3.05, 3.63) is 75.4 Å². The van der Waals surface area contributed by atoms with Crippen LogP contribution in [0.25, 0.3) is 5.69 Å². The van der Waals surface area contributed by atoms with Crippen LogP contribution in [-0.2, 0) is 16.6 Å². The van der Waals surface area contributed by atoms with Gasteiger partial charge in [-0.3, -0.25) is 9.59 Å². The van der Waals surface area contributed by atoms with Gasteiger partial charge in [0.05, 0.1) is 11.6 Å². The van der Waals surface area contributed by atoms with Crippen LogP contribution < -0.4 is 10.6 Å². The van der Waals surface area contributed by atoms with Crippen LogP contribution in [0.15, 0.2) is 63.9 Å². The Kier molecular flexibility index (Phi) is 6.12. The first-order chi connectivity index (χ1) is 16.4. The number of rotatable bonds is 4. The minimum absolute atomic E-state index is 0.0216. The molecule has 176 valence electrons. The van der Waals surface area contributed by atoms with Crippen molar-refractivity contribution in [1.29, 1.82) is 0 Å². The topological polar surface area (TPSA) is 80.4 Å². The summed E-state index contributed by atoms with van der Waals surface area (Å²) in [4.78, 5) is 42.2. The molecule has 0 aliphatic carbocycles. The Morgan fingerprint density at radius 3 is 2.41 bits per heavy atom. The number of likely N-dealkylation sites (tertiary alicyclic amines) is 1. The van der Waals surface area contributed by atoms with E-state index in [0.717, 1.165) is 34.5 Å². The third-order valence-corrected chi connectivity index (χ3v) is 7.22. The van der Waals surface area contributed by atoms with Gasteiger partial charge in [0, 0.05) is 49.2 Å². The fourth-order valence-corrected chi connectivity index (χ4v) is 5.34. The van der Waals surface area contributed by atoms with Gasteiger partial charge < -0.3 is 9.80 Å². The van der Waals surface area contributed by atoms with E-state index in [1.54, 1.807) is 16.5 Å². The molecule has 2 aliphatic rings. The molecule has 2 fully saturated rings. The summed E-state index contributed by atoms with van der Waals surface area (Å²) < 4.78 is 3.95. The number of aromatic nitrogens is 3. The third-order valence-electron chi connectivity index (χ3n) is 6.73. The number of aryl methyl sites for hydroxylation is 1. The summed E-state index contributed by atoms with van der Waals surface area (Å²) in [6, 6.07) is 17.1. The van der Waals surface area contributed by atoms with Gasteiger partial charge in [0.25, 0.3) is 0 Å². The summed E-state index contributed by atoms with van der Waals surface area (Å²) in [7, 11) is 1.66. The molecular formula is C25H26BrN5O3. The molecule has 2 aliphatic heterocycles. The van der Waals surface area contributed by atoms with E-state index < -0.39 is 0 Å². The van der Waals surface area contributed by atoms with E-state index >= 15 is 0 Å². The van der Waals surface area contributed by atoms with Gasteiger partial charge in [0.1, 0.15) is 5.82 Å². The molecule has 9 heteroatoms. The smallest absolute Gasteiger partial charge is 0.342 e. The predicted molar refractivity (Wildman–Crippen MR) is 132 cm³/mol. The summed E-state index contributed by atoms with van der Waals surface area (Å²) in [5, 5.41) is 4.53. The van der Waals surface area contributed by atoms with Gasteiger partial charge in [0.2, 0.25) is 11.8 Å². The average Bonchev–Trinajstić information content (AvgIpc) is 3.39. The number of amides is 2. The molecule has 0 radical (unpaired) electrons. The minimum Gasteiger partial charge on any atom is -0.342 e. The molecule has 0 bridgehead atoms. The lowest BCUT2D eigenvalue weighted by atomic mass is 9.94. The van der Waals surface area contributed by atoms with E-state index in [1.807, 2.05) is 59.5 Å². The fourth-order valence-electron chi connectivity index (χ4n) is 4.95. The zero-order chi connectivity index (χ0) is 23.8. The third kappa shape index (κ3) is 4.20. The molecule has 2 amide bonds. The number of anilines is 1. The Hall–Kier alpha value is -3.20. The quantitative estimate of drug-likeness (QED) is 0.526. The van der Waals surface area contributed by atoms with Crippen LogP contribution in [0.3, 0.4) is 0 Å². The lowest BCUT2D eigenvalue weighted by Gasteiger charge is -2.33. The summed E-state index contributed by atoms with van der Waals surface area (Å²) in [5.74, 6) is 0.502. The highest BCUT2D eigenvalue weighted by molar-refractivity contribution is 9.10. The van der Waals surface area contributed by atoms with E-state index in [0.29, 0.717) is 19.6 Å². The Morgan fingerprint density at radius 1 is 1.00 bits per heavy atom. The highest BCUT2D eigenvalue weighted by atomic mass is 79.9. The predicted octanol–water partition coefficient (Wildman–Crippen LogP) is 3.09. The van der Waals surface area contributed by atoms with Crippen LogP contribution in [0, 0.1) is 5.92 Å². The second kappa shape index (κ2) is 9.21. The summed E-state index contributed by atoms with van der Waals surface area (Å²) in [6.45, 7) is 1.58. The van der Waals surface area contributed by atoms with Crippen LogP contribution >= 0.6 is 15.9 Å². The number of carbonyl (C=O) groups excluding carboxylic acids is 2. The highest BCUT2D eigenvalue weighted by Crippen LogP contribution is 2.31. The molecule has 1 atom stereocenters. The first-order valence-corrected chi connectivity index (χ1v) is 12.3. The maximum Gasteiger partial charge on any atom is 0.350 e. The monoisotopic (exact) mass is 523 g/mol. The van der Waals surface area contributed by atoms with E-state index in [1.165, 1.54) is 4.68 Å². The standard InChI is InChI=1S/C25H26BrN5O3/c1-28-25(34)31(20-7-3-2-4-8-20)23(27-28)17-10-12-29(13-11-17)24(33)18-14-22(32)30(16-18)21-9-5-6-19(26)15-21/h2-9,15,17-18H,10-14,16H2,1H3. The molecule has 34 heavy (non-hydrogen) atoms. The van der Waals surface area contributed by atoms with Crippen molar-refractivity contribution in [1.82, 2.24) is 19.2 Å². The summed E-state index contributed by atoms with van der Waals surface area (Å²) in [6.07, 6.45) is 1.69. The van der Waals surface area contributed by atoms with Crippen molar-refractivity contribution in [3.8, 4) is 5.69 Å². The van der Waals surface area contributed by atoms with Gasteiger partial charge in [-0.1, -0.05) is 40.2 Å².